The summed E-state index contributed by atoms with van der Waals surface area (Å²) in [6.07, 6.45) is 4.94. The van der Waals surface area contributed by atoms with Crippen molar-refractivity contribution in [2.75, 3.05) is 43.0 Å². The zero-order valence-corrected chi connectivity index (χ0v) is 13.4. The van der Waals surface area contributed by atoms with Crippen LogP contribution in [0.2, 0.25) is 0 Å². The first-order valence-corrected chi connectivity index (χ1v) is 8.00. The summed E-state index contributed by atoms with van der Waals surface area (Å²) in [4.78, 5) is 13.6. The molecule has 1 aliphatic heterocycles. The van der Waals surface area contributed by atoms with Crippen LogP contribution in [0.25, 0.3) is 0 Å². The number of aromatic nitrogens is 2. The smallest absolute Gasteiger partial charge is 0.225 e. The van der Waals surface area contributed by atoms with Gasteiger partial charge in [-0.1, -0.05) is 15.9 Å². The molecule has 0 aromatic carbocycles. The Balaban J connectivity index is 1.96. The first-order chi connectivity index (χ1) is 8.29. The number of hydrogen-bond acceptors (Lipinski definition) is 4. The Morgan fingerprint density at radius 2 is 1.94 bits per heavy atom. The summed E-state index contributed by atoms with van der Waals surface area (Å²) in [7, 11) is 0. The van der Waals surface area contributed by atoms with Gasteiger partial charge in [0, 0.05) is 47.5 Å². The van der Waals surface area contributed by atoms with Gasteiger partial charge in [0.1, 0.15) is 0 Å². The van der Waals surface area contributed by atoms with Gasteiger partial charge >= 0.3 is 0 Å². The number of nitrogens with zero attached hydrogens (tertiary/aromatic N) is 4. The predicted molar refractivity (Wildman–Crippen MR) is 81.8 cm³/mol. The maximum absolute atomic E-state index is 4.39. The fourth-order valence-corrected chi connectivity index (χ4v) is 2.76. The van der Waals surface area contributed by atoms with Crippen molar-refractivity contribution in [2.45, 2.75) is 6.42 Å². The van der Waals surface area contributed by atoms with E-state index in [1.807, 2.05) is 12.4 Å². The Morgan fingerprint density at radius 1 is 1.18 bits per heavy atom. The highest BCUT2D eigenvalue weighted by atomic mass is 127. The minimum atomic E-state index is 0.867. The number of rotatable bonds is 3. The number of alkyl halides is 1. The van der Waals surface area contributed by atoms with Crippen molar-refractivity contribution in [2.24, 2.45) is 0 Å². The highest BCUT2D eigenvalue weighted by Gasteiger charge is 2.16. The Bertz CT molecular complexity index is 346. The molecule has 0 spiro atoms. The zero-order chi connectivity index (χ0) is 12.1. The van der Waals surface area contributed by atoms with Crippen LogP contribution in [-0.2, 0) is 0 Å². The van der Waals surface area contributed by atoms with Crippen LogP contribution in [0.15, 0.2) is 12.4 Å². The first-order valence-electron chi connectivity index (χ1n) is 5.80. The van der Waals surface area contributed by atoms with E-state index in [1.54, 1.807) is 0 Å². The fraction of sp³-hybridized carbons (Fsp3) is 0.636. The average molecular weight is 411 g/mol. The third-order valence-electron chi connectivity index (χ3n) is 2.88. The highest BCUT2D eigenvalue weighted by molar-refractivity contribution is 14.1. The Kier molecular flexibility index (Phi) is 5.43. The first kappa shape index (κ1) is 13.5. The van der Waals surface area contributed by atoms with E-state index < -0.39 is 0 Å². The molecule has 94 valence electrons. The molecule has 1 aromatic rings. The summed E-state index contributed by atoms with van der Waals surface area (Å²) >= 11 is 5.73. The minimum absolute atomic E-state index is 0.867. The second kappa shape index (κ2) is 6.84. The lowest BCUT2D eigenvalue weighted by molar-refractivity contribution is 0.313. The van der Waals surface area contributed by atoms with Crippen LogP contribution in [0.4, 0.5) is 5.95 Å². The molecule has 0 aliphatic carbocycles. The molecule has 0 bridgehead atoms. The van der Waals surface area contributed by atoms with Crippen LogP contribution in [0.5, 0.6) is 0 Å². The van der Waals surface area contributed by atoms with E-state index in [1.165, 1.54) is 13.0 Å². The number of halogens is 2. The van der Waals surface area contributed by atoms with Gasteiger partial charge < -0.3 is 9.80 Å². The zero-order valence-electron chi connectivity index (χ0n) is 9.65. The van der Waals surface area contributed by atoms with Gasteiger partial charge in [0.2, 0.25) is 5.95 Å². The Hall–Kier alpha value is 0.0500. The van der Waals surface area contributed by atoms with Crippen molar-refractivity contribution >= 4 is 44.5 Å². The summed E-state index contributed by atoms with van der Waals surface area (Å²) in [6, 6.07) is 0. The third kappa shape index (κ3) is 4.03. The Labute approximate surface area is 124 Å². The molecule has 17 heavy (non-hydrogen) atoms. The summed E-state index contributed by atoms with van der Waals surface area (Å²) in [6.45, 7) is 5.47. The molecule has 1 aliphatic rings. The quantitative estimate of drug-likeness (QED) is 0.563. The second-order valence-electron chi connectivity index (χ2n) is 4.07. The van der Waals surface area contributed by atoms with Crippen molar-refractivity contribution in [1.82, 2.24) is 14.9 Å². The molecule has 1 fully saturated rings. The summed E-state index contributed by atoms with van der Waals surface area (Å²) < 4.78 is 1.09. The lowest BCUT2D eigenvalue weighted by Crippen LogP contribution is -2.32. The SMILES string of the molecule is BrCCN1CCCN(c2ncc(I)cn2)CC1. The molecule has 0 radical (unpaired) electrons. The van der Waals surface area contributed by atoms with Crippen LogP contribution in [0, 0.1) is 3.57 Å². The molecule has 0 amide bonds. The standard InChI is InChI=1S/C11H16BrIN4/c12-2-5-16-3-1-4-17(7-6-16)11-14-8-10(13)9-15-11/h8-9H,1-7H2. The molecule has 0 atom stereocenters. The fourth-order valence-electron chi connectivity index (χ4n) is 1.98. The van der Waals surface area contributed by atoms with Gasteiger partial charge in [-0.15, -0.1) is 0 Å². The van der Waals surface area contributed by atoms with E-state index in [-0.39, 0.29) is 0 Å². The predicted octanol–water partition coefficient (Wildman–Crippen LogP) is 1.99. The van der Waals surface area contributed by atoms with E-state index in [4.69, 9.17) is 0 Å². The highest BCUT2D eigenvalue weighted by Crippen LogP contribution is 2.12. The van der Waals surface area contributed by atoms with Crippen LogP contribution in [-0.4, -0.2) is 52.9 Å². The number of anilines is 1. The van der Waals surface area contributed by atoms with Gasteiger partial charge in [0.15, 0.2) is 0 Å². The van der Waals surface area contributed by atoms with Gasteiger partial charge in [-0.05, 0) is 35.6 Å². The second-order valence-corrected chi connectivity index (χ2v) is 6.11. The van der Waals surface area contributed by atoms with E-state index in [0.717, 1.165) is 41.0 Å². The summed E-state index contributed by atoms with van der Waals surface area (Å²) in [5, 5.41) is 1.05. The van der Waals surface area contributed by atoms with E-state index in [0.29, 0.717) is 0 Å². The molecule has 2 rings (SSSR count). The van der Waals surface area contributed by atoms with Crippen LogP contribution in [0.1, 0.15) is 6.42 Å². The van der Waals surface area contributed by atoms with E-state index >= 15 is 0 Å². The maximum Gasteiger partial charge on any atom is 0.225 e. The Morgan fingerprint density at radius 3 is 2.65 bits per heavy atom. The maximum atomic E-state index is 4.39. The molecule has 2 heterocycles. The largest absolute Gasteiger partial charge is 0.339 e. The molecular formula is C11H16BrIN4. The van der Waals surface area contributed by atoms with Crippen molar-refractivity contribution in [3.05, 3.63) is 16.0 Å². The van der Waals surface area contributed by atoms with Crippen LogP contribution < -0.4 is 4.90 Å². The molecule has 0 N–H and O–H groups in total. The van der Waals surface area contributed by atoms with Gasteiger partial charge in [-0.2, -0.15) is 0 Å². The van der Waals surface area contributed by atoms with Crippen LogP contribution in [0.3, 0.4) is 0 Å². The minimum Gasteiger partial charge on any atom is -0.339 e. The molecule has 1 aromatic heterocycles. The van der Waals surface area contributed by atoms with Crippen molar-refractivity contribution in [3.8, 4) is 0 Å². The topological polar surface area (TPSA) is 32.3 Å². The van der Waals surface area contributed by atoms with Crippen LogP contribution >= 0.6 is 38.5 Å². The molecule has 0 unspecified atom stereocenters. The normalized spacial score (nSPS) is 18.1. The van der Waals surface area contributed by atoms with Crippen molar-refractivity contribution in [3.63, 3.8) is 0 Å². The monoisotopic (exact) mass is 410 g/mol. The molecular weight excluding hydrogens is 395 g/mol. The molecule has 6 heteroatoms. The van der Waals surface area contributed by atoms with Crippen molar-refractivity contribution in [1.29, 1.82) is 0 Å². The molecule has 4 nitrogen and oxygen atoms in total. The van der Waals surface area contributed by atoms with Gasteiger partial charge in [-0.3, -0.25) is 0 Å². The molecule has 1 saturated heterocycles. The lowest BCUT2D eigenvalue weighted by atomic mass is 10.4. The summed E-state index contributed by atoms with van der Waals surface area (Å²) in [5.74, 6) is 0.867. The van der Waals surface area contributed by atoms with E-state index in [9.17, 15) is 0 Å². The van der Waals surface area contributed by atoms with Gasteiger partial charge in [0.05, 0.1) is 0 Å². The van der Waals surface area contributed by atoms with Gasteiger partial charge in [0.25, 0.3) is 0 Å². The number of hydrogen-bond donors (Lipinski definition) is 0. The molecule has 0 saturated carbocycles. The average Bonchev–Trinajstić information content (AvgIpc) is 2.56. The lowest BCUT2D eigenvalue weighted by Gasteiger charge is -2.21. The van der Waals surface area contributed by atoms with Gasteiger partial charge in [-0.25, -0.2) is 9.97 Å². The third-order valence-corrected chi connectivity index (χ3v) is 3.79. The summed E-state index contributed by atoms with van der Waals surface area (Å²) in [5.41, 5.74) is 0. The van der Waals surface area contributed by atoms with Crippen molar-refractivity contribution < 1.29 is 0 Å². The van der Waals surface area contributed by atoms with E-state index in [2.05, 4.69) is 58.3 Å².